The van der Waals surface area contributed by atoms with E-state index in [0.29, 0.717) is 32.3 Å². The zero-order chi connectivity index (χ0) is 15.6. The summed E-state index contributed by atoms with van der Waals surface area (Å²) in [5, 5.41) is 6.29. The van der Waals surface area contributed by atoms with Gasteiger partial charge in [0.1, 0.15) is 10.8 Å². The number of aryl methyl sites for hydroxylation is 2. The van der Waals surface area contributed by atoms with Crippen LogP contribution in [0.1, 0.15) is 11.5 Å². The third kappa shape index (κ3) is 4.20. The molecule has 5 nitrogen and oxygen atoms in total. The third-order valence-corrected chi connectivity index (χ3v) is 3.37. The molecule has 21 heavy (non-hydrogen) atoms. The van der Waals surface area contributed by atoms with Crippen molar-refractivity contribution in [3.63, 3.8) is 0 Å². The predicted molar refractivity (Wildman–Crippen MR) is 85.6 cm³/mol. The number of amides is 2. The van der Waals surface area contributed by atoms with E-state index in [4.69, 9.17) is 34.8 Å². The van der Waals surface area contributed by atoms with Crippen molar-refractivity contribution in [2.45, 2.75) is 13.8 Å². The van der Waals surface area contributed by atoms with Crippen molar-refractivity contribution in [2.75, 3.05) is 10.6 Å². The van der Waals surface area contributed by atoms with Crippen molar-refractivity contribution in [3.05, 3.63) is 44.8 Å². The van der Waals surface area contributed by atoms with Crippen LogP contribution in [-0.2, 0) is 0 Å². The van der Waals surface area contributed by atoms with Crippen LogP contribution in [0.4, 0.5) is 16.3 Å². The maximum absolute atomic E-state index is 12.0. The number of rotatable bonds is 2. The fourth-order valence-corrected chi connectivity index (χ4v) is 2.34. The molecule has 2 amide bonds. The molecule has 8 heteroatoms. The standard InChI is InChI=1S/C13H11Cl3N4O/c1-6-11(16)12(18-7(2)17-6)20-13(21)19-10-4-8(14)3-9(15)5-10/h3-5H,1-2H3,(H2,17,18,19,20,21). The first kappa shape index (κ1) is 15.8. The van der Waals surface area contributed by atoms with Crippen molar-refractivity contribution in [1.82, 2.24) is 9.97 Å². The van der Waals surface area contributed by atoms with Gasteiger partial charge in [0.2, 0.25) is 0 Å². The summed E-state index contributed by atoms with van der Waals surface area (Å²) in [6.45, 7) is 3.44. The first-order valence-corrected chi connectivity index (χ1v) is 7.03. The number of carbonyl (C=O) groups excluding carboxylic acids is 1. The van der Waals surface area contributed by atoms with Gasteiger partial charge in [-0.3, -0.25) is 5.32 Å². The van der Waals surface area contributed by atoms with Gasteiger partial charge in [-0.05, 0) is 32.0 Å². The Bertz CT molecular complexity index is 686. The topological polar surface area (TPSA) is 66.9 Å². The maximum atomic E-state index is 12.0. The van der Waals surface area contributed by atoms with Crippen LogP contribution in [0, 0.1) is 13.8 Å². The lowest BCUT2D eigenvalue weighted by molar-refractivity contribution is 0.262. The van der Waals surface area contributed by atoms with Crippen LogP contribution in [0.2, 0.25) is 15.1 Å². The maximum Gasteiger partial charge on any atom is 0.324 e. The molecule has 0 radical (unpaired) electrons. The van der Waals surface area contributed by atoms with E-state index in [-0.39, 0.29) is 5.82 Å². The molecule has 0 saturated carbocycles. The summed E-state index contributed by atoms with van der Waals surface area (Å²) in [5.74, 6) is 0.755. The van der Waals surface area contributed by atoms with Crippen molar-refractivity contribution in [1.29, 1.82) is 0 Å². The lowest BCUT2D eigenvalue weighted by Crippen LogP contribution is -2.21. The summed E-state index contributed by atoms with van der Waals surface area (Å²) < 4.78 is 0. The van der Waals surface area contributed by atoms with Gasteiger partial charge in [-0.2, -0.15) is 0 Å². The second-order valence-electron chi connectivity index (χ2n) is 4.26. The highest BCUT2D eigenvalue weighted by Crippen LogP contribution is 2.24. The molecular weight excluding hydrogens is 335 g/mol. The van der Waals surface area contributed by atoms with E-state index in [9.17, 15) is 4.79 Å². The summed E-state index contributed by atoms with van der Waals surface area (Å²) in [6.07, 6.45) is 0. The molecule has 0 spiro atoms. The summed E-state index contributed by atoms with van der Waals surface area (Å²) in [7, 11) is 0. The van der Waals surface area contributed by atoms with Gasteiger partial charge >= 0.3 is 6.03 Å². The zero-order valence-corrected chi connectivity index (χ0v) is 13.4. The molecule has 0 saturated heterocycles. The molecule has 0 aliphatic heterocycles. The zero-order valence-electron chi connectivity index (χ0n) is 11.2. The highest BCUT2D eigenvalue weighted by atomic mass is 35.5. The normalized spacial score (nSPS) is 10.3. The van der Waals surface area contributed by atoms with Crippen molar-refractivity contribution in [2.24, 2.45) is 0 Å². The largest absolute Gasteiger partial charge is 0.324 e. The lowest BCUT2D eigenvalue weighted by atomic mass is 10.3. The Morgan fingerprint density at radius 1 is 1.00 bits per heavy atom. The number of halogens is 3. The molecular formula is C13H11Cl3N4O. The molecule has 2 rings (SSSR count). The second kappa shape index (κ2) is 6.47. The van der Waals surface area contributed by atoms with E-state index in [1.165, 1.54) is 0 Å². The number of anilines is 2. The minimum atomic E-state index is -0.507. The van der Waals surface area contributed by atoms with E-state index in [0.717, 1.165) is 0 Å². The fourth-order valence-electron chi connectivity index (χ4n) is 1.68. The Balaban J connectivity index is 2.15. The number of urea groups is 1. The van der Waals surface area contributed by atoms with Gasteiger partial charge in [-0.15, -0.1) is 0 Å². The third-order valence-electron chi connectivity index (χ3n) is 2.48. The Morgan fingerprint density at radius 2 is 1.62 bits per heavy atom. The molecule has 1 aromatic heterocycles. The number of nitrogens with one attached hydrogen (secondary N) is 2. The predicted octanol–water partition coefficient (Wildman–Crippen LogP) is 4.70. The summed E-state index contributed by atoms with van der Waals surface area (Å²) >= 11 is 17.8. The Morgan fingerprint density at radius 3 is 2.24 bits per heavy atom. The lowest BCUT2D eigenvalue weighted by Gasteiger charge is -2.10. The van der Waals surface area contributed by atoms with Gasteiger partial charge in [0.05, 0.1) is 5.69 Å². The van der Waals surface area contributed by atoms with Crippen LogP contribution in [0.5, 0.6) is 0 Å². The van der Waals surface area contributed by atoms with Crippen LogP contribution in [-0.4, -0.2) is 16.0 Å². The SMILES string of the molecule is Cc1nc(C)c(Cl)c(NC(=O)Nc2cc(Cl)cc(Cl)c2)n1. The van der Waals surface area contributed by atoms with Crippen LogP contribution in [0.25, 0.3) is 0 Å². The smallest absolute Gasteiger partial charge is 0.308 e. The van der Waals surface area contributed by atoms with E-state index in [1.54, 1.807) is 32.0 Å². The molecule has 1 heterocycles. The molecule has 1 aromatic carbocycles. The van der Waals surface area contributed by atoms with Crippen LogP contribution in [0.3, 0.4) is 0 Å². The number of carbonyl (C=O) groups is 1. The van der Waals surface area contributed by atoms with Crippen molar-refractivity contribution in [3.8, 4) is 0 Å². The van der Waals surface area contributed by atoms with E-state index in [1.807, 2.05) is 0 Å². The first-order chi connectivity index (χ1) is 9.85. The van der Waals surface area contributed by atoms with Gasteiger partial charge in [0, 0.05) is 15.7 Å². The highest BCUT2D eigenvalue weighted by Gasteiger charge is 2.11. The van der Waals surface area contributed by atoms with Gasteiger partial charge in [-0.1, -0.05) is 34.8 Å². The van der Waals surface area contributed by atoms with Gasteiger partial charge in [0.25, 0.3) is 0 Å². The minimum Gasteiger partial charge on any atom is -0.308 e. The van der Waals surface area contributed by atoms with Gasteiger partial charge in [-0.25, -0.2) is 14.8 Å². The van der Waals surface area contributed by atoms with Crippen LogP contribution >= 0.6 is 34.8 Å². The molecule has 0 aliphatic carbocycles. The number of hydrogen-bond donors (Lipinski definition) is 2. The molecule has 0 atom stereocenters. The molecule has 0 aliphatic rings. The van der Waals surface area contributed by atoms with Crippen LogP contribution in [0.15, 0.2) is 18.2 Å². The molecule has 0 bridgehead atoms. The second-order valence-corrected chi connectivity index (χ2v) is 5.51. The Hall–Kier alpha value is -1.56. The van der Waals surface area contributed by atoms with E-state index >= 15 is 0 Å². The quantitative estimate of drug-likeness (QED) is 0.829. The van der Waals surface area contributed by atoms with Crippen LogP contribution < -0.4 is 10.6 Å². The summed E-state index contributed by atoms with van der Waals surface area (Å²) in [5.41, 5.74) is 1.05. The van der Waals surface area contributed by atoms with E-state index in [2.05, 4.69) is 20.6 Å². The van der Waals surface area contributed by atoms with Crippen molar-refractivity contribution < 1.29 is 4.79 Å². The fraction of sp³-hybridized carbons (Fsp3) is 0.154. The first-order valence-electron chi connectivity index (χ1n) is 5.90. The summed E-state index contributed by atoms with van der Waals surface area (Å²) in [6, 6.07) is 4.21. The van der Waals surface area contributed by atoms with Gasteiger partial charge < -0.3 is 5.32 Å². The number of benzene rings is 1. The number of nitrogens with zero attached hydrogens (tertiary/aromatic N) is 2. The monoisotopic (exact) mass is 344 g/mol. The molecule has 0 unspecified atom stereocenters. The van der Waals surface area contributed by atoms with Gasteiger partial charge in [0.15, 0.2) is 5.82 Å². The van der Waals surface area contributed by atoms with E-state index < -0.39 is 6.03 Å². The Labute approximate surface area is 136 Å². The number of hydrogen-bond acceptors (Lipinski definition) is 3. The average Bonchev–Trinajstić information content (AvgIpc) is 2.33. The number of aromatic nitrogens is 2. The van der Waals surface area contributed by atoms with Crippen molar-refractivity contribution >= 4 is 52.3 Å². The molecule has 0 fully saturated rings. The average molecular weight is 346 g/mol. The molecule has 110 valence electrons. The molecule has 2 N–H and O–H groups in total. The summed E-state index contributed by atoms with van der Waals surface area (Å²) in [4.78, 5) is 20.1. The Kier molecular flexibility index (Phi) is 4.88. The minimum absolute atomic E-state index is 0.243. The molecule has 2 aromatic rings. The highest BCUT2D eigenvalue weighted by molar-refractivity contribution is 6.35.